The molecule has 1 rings (SSSR count). The van der Waals surface area contributed by atoms with Gasteiger partial charge in [-0.2, -0.15) is 0 Å². The van der Waals surface area contributed by atoms with Crippen LogP contribution in [0.3, 0.4) is 0 Å². The summed E-state index contributed by atoms with van der Waals surface area (Å²) in [6.07, 6.45) is -0.0973. The molecule has 0 spiro atoms. The van der Waals surface area contributed by atoms with Gasteiger partial charge in [0, 0.05) is 23.6 Å². The average molecular weight is 316 g/mol. The van der Waals surface area contributed by atoms with Crippen LogP contribution in [-0.2, 0) is 36.2 Å². The van der Waals surface area contributed by atoms with Crippen molar-refractivity contribution in [2.45, 2.75) is 12.8 Å². The number of carbonyl (C=O) groups excluding carboxylic acids is 4. The smallest absolute Gasteiger partial charge is 0.654 e. The Kier molecular flexibility index (Phi) is 8.56. The van der Waals surface area contributed by atoms with Crippen LogP contribution in [-0.4, -0.2) is 49.8 Å². The SMILES string of the molecule is O=C1CC[N-]C(=O)C[N-]C(=O)CC[N-]C(=O)C[N-]1.[Cu+2]. The molecule has 1 aliphatic rings. The second-order valence-corrected chi connectivity index (χ2v) is 3.47. The van der Waals surface area contributed by atoms with Gasteiger partial charge in [-0.15, -0.1) is 13.1 Å². The zero-order valence-electron chi connectivity index (χ0n) is 9.97. The van der Waals surface area contributed by atoms with Crippen LogP contribution in [0.2, 0.25) is 0 Å². The predicted molar refractivity (Wildman–Crippen MR) is 62.2 cm³/mol. The molecule has 0 N–H and O–H groups in total. The van der Waals surface area contributed by atoms with E-state index in [1.165, 1.54) is 0 Å². The molecule has 0 aromatic heterocycles. The molecule has 0 aliphatic carbocycles. The number of carbonyl (C=O) groups is 4. The third-order valence-corrected chi connectivity index (χ3v) is 2.01. The molecule has 0 aromatic rings. The van der Waals surface area contributed by atoms with Gasteiger partial charge in [0.05, 0.1) is 0 Å². The van der Waals surface area contributed by atoms with Gasteiger partial charge in [-0.05, 0) is 12.8 Å². The first-order chi connectivity index (χ1) is 8.58. The Balaban J connectivity index is 0.00000324. The first-order valence-electron chi connectivity index (χ1n) is 5.39. The van der Waals surface area contributed by atoms with Crippen molar-refractivity contribution in [3.05, 3.63) is 21.3 Å². The first kappa shape index (κ1) is 17.4. The van der Waals surface area contributed by atoms with Crippen molar-refractivity contribution in [2.24, 2.45) is 0 Å². The van der Waals surface area contributed by atoms with Crippen LogP contribution in [0.4, 0.5) is 0 Å². The van der Waals surface area contributed by atoms with E-state index in [2.05, 4.69) is 21.3 Å². The Labute approximate surface area is 120 Å². The molecule has 0 bridgehead atoms. The van der Waals surface area contributed by atoms with Crippen molar-refractivity contribution in [3.63, 3.8) is 0 Å². The Bertz CT molecular complexity index is 295. The molecule has 9 heteroatoms. The van der Waals surface area contributed by atoms with Gasteiger partial charge in [0.2, 0.25) is 0 Å². The van der Waals surface area contributed by atoms with Gasteiger partial charge < -0.3 is 40.4 Å². The third kappa shape index (κ3) is 8.17. The molecule has 4 amide bonds. The van der Waals surface area contributed by atoms with E-state index < -0.39 is 23.6 Å². The van der Waals surface area contributed by atoms with E-state index in [-0.39, 0.29) is 56.1 Å². The fourth-order valence-electron chi connectivity index (χ4n) is 1.12. The van der Waals surface area contributed by atoms with Crippen LogP contribution in [0.5, 0.6) is 0 Å². The van der Waals surface area contributed by atoms with Gasteiger partial charge in [-0.3, -0.25) is 0 Å². The zero-order valence-corrected chi connectivity index (χ0v) is 10.9. The Morgan fingerprint density at radius 2 is 0.947 bits per heavy atom. The number of hydrogen-bond acceptors (Lipinski definition) is 4. The van der Waals surface area contributed by atoms with Gasteiger partial charge in [-0.1, -0.05) is 13.1 Å². The van der Waals surface area contributed by atoms with Crippen molar-refractivity contribution >= 4 is 23.6 Å². The number of amides is 4. The summed E-state index contributed by atoms with van der Waals surface area (Å²) in [5.74, 6) is -2.11. The molecule has 0 saturated carbocycles. The van der Waals surface area contributed by atoms with Crippen molar-refractivity contribution in [1.82, 2.24) is 0 Å². The van der Waals surface area contributed by atoms with Crippen molar-refractivity contribution in [1.29, 1.82) is 0 Å². The topological polar surface area (TPSA) is 125 Å². The van der Waals surface area contributed by atoms with E-state index in [1.54, 1.807) is 0 Å². The Morgan fingerprint density at radius 1 is 0.579 bits per heavy atom. The minimum atomic E-state index is -0.554. The predicted octanol–water partition coefficient (Wildman–Crippen LogP) is 0.379. The monoisotopic (exact) mass is 315 g/mol. The molecule has 1 aliphatic heterocycles. The number of nitrogens with zero attached hydrogens (tertiary/aromatic N) is 4. The standard InChI is InChI=1S/C10H16N4O4.Cu/c15-7-1-3-11-9(17)6-14-8(16)2-4-12-10(18)5-13-7;/h1-6H2,(H4,11,12,13,14,15,16,17,18);/q;+2/p-4. The van der Waals surface area contributed by atoms with E-state index >= 15 is 0 Å². The van der Waals surface area contributed by atoms with Crippen LogP contribution in [0.1, 0.15) is 12.8 Å². The van der Waals surface area contributed by atoms with Crippen LogP contribution in [0.15, 0.2) is 0 Å². The van der Waals surface area contributed by atoms with Crippen molar-refractivity contribution in [2.75, 3.05) is 26.2 Å². The van der Waals surface area contributed by atoms with Gasteiger partial charge >= 0.3 is 17.1 Å². The number of rotatable bonds is 0. The van der Waals surface area contributed by atoms with Gasteiger partial charge in [-0.25, -0.2) is 0 Å². The summed E-state index contributed by atoms with van der Waals surface area (Å²) in [5, 5.41) is 14.0. The minimum absolute atomic E-state index is 0. The fourth-order valence-corrected chi connectivity index (χ4v) is 1.12. The van der Waals surface area contributed by atoms with Crippen LogP contribution in [0.25, 0.3) is 21.3 Å². The number of hydrogen-bond donors (Lipinski definition) is 0. The summed E-state index contributed by atoms with van der Waals surface area (Å²) in [4.78, 5) is 44.5. The second-order valence-electron chi connectivity index (χ2n) is 3.47. The molecular formula is C10H12CuN4O4-2. The Hall–Kier alpha value is -1.60. The van der Waals surface area contributed by atoms with E-state index in [1.807, 2.05) is 0 Å². The molecule has 19 heavy (non-hydrogen) atoms. The molecule has 109 valence electrons. The summed E-state index contributed by atoms with van der Waals surface area (Å²) in [7, 11) is 0. The summed E-state index contributed by atoms with van der Waals surface area (Å²) in [5.41, 5.74) is 0. The maximum atomic E-state index is 11.1. The maximum absolute atomic E-state index is 11.1. The summed E-state index contributed by atoms with van der Waals surface area (Å²) < 4.78 is 0. The van der Waals surface area contributed by atoms with E-state index in [4.69, 9.17) is 0 Å². The van der Waals surface area contributed by atoms with Gasteiger partial charge in [0.25, 0.3) is 0 Å². The van der Waals surface area contributed by atoms with E-state index in [0.29, 0.717) is 0 Å². The molecule has 1 heterocycles. The molecule has 1 fully saturated rings. The minimum Gasteiger partial charge on any atom is -0.654 e. The Morgan fingerprint density at radius 3 is 1.32 bits per heavy atom. The third-order valence-electron chi connectivity index (χ3n) is 2.01. The second kappa shape index (κ2) is 9.35. The largest absolute Gasteiger partial charge is 2.00 e. The van der Waals surface area contributed by atoms with Crippen LogP contribution < -0.4 is 0 Å². The van der Waals surface area contributed by atoms with Gasteiger partial charge in [0.15, 0.2) is 0 Å². The quantitative estimate of drug-likeness (QED) is 0.599. The molecular weight excluding hydrogens is 304 g/mol. The zero-order chi connectivity index (χ0) is 13.4. The van der Waals surface area contributed by atoms with Crippen LogP contribution >= 0.6 is 0 Å². The van der Waals surface area contributed by atoms with E-state index in [0.717, 1.165) is 0 Å². The molecule has 0 atom stereocenters. The summed E-state index contributed by atoms with van der Waals surface area (Å²) in [6.45, 7) is -0.706. The van der Waals surface area contributed by atoms with Gasteiger partial charge in [0.1, 0.15) is 0 Å². The average Bonchev–Trinajstić information content (AvgIpc) is 2.33. The molecule has 8 nitrogen and oxygen atoms in total. The van der Waals surface area contributed by atoms with E-state index in [9.17, 15) is 19.2 Å². The summed E-state index contributed by atoms with van der Waals surface area (Å²) >= 11 is 0. The first-order valence-corrected chi connectivity index (χ1v) is 5.39. The molecule has 1 saturated heterocycles. The molecule has 0 aromatic carbocycles. The maximum Gasteiger partial charge on any atom is 2.00 e. The molecule has 1 radical (unpaired) electrons. The summed E-state index contributed by atoms with van der Waals surface area (Å²) in [6, 6.07) is 0. The normalized spacial score (nSPS) is 18.9. The molecule has 0 unspecified atom stereocenters. The fraction of sp³-hybridized carbons (Fsp3) is 0.600. The van der Waals surface area contributed by atoms with Crippen molar-refractivity contribution in [3.8, 4) is 0 Å². The van der Waals surface area contributed by atoms with Crippen LogP contribution in [0, 0.1) is 0 Å². The van der Waals surface area contributed by atoms with Crippen molar-refractivity contribution < 1.29 is 36.2 Å².